The Morgan fingerprint density at radius 1 is 1.06 bits per heavy atom. The SMILES string of the molecule is Cc1cc(/C=C2/SC(=O)N(Cc3c(F)cccc3Cl)C2=O)c(C)n1-c1ccc(Cl)cc1. The quantitative estimate of drug-likeness (QED) is 0.391. The van der Waals surface area contributed by atoms with Crippen LogP contribution in [-0.4, -0.2) is 20.6 Å². The third kappa shape index (κ3) is 4.15. The average molecular weight is 475 g/mol. The summed E-state index contributed by atoms with van der Waals surface area (Å²) in [5, 5.41) is 0.367. The van der Waals surface area contributed by atoms with Crippen LogP contribution in [0.2, 0.25) is 10.0 Å². The highest BCUT2D eigenvalue weighted by atomic mass is 35.5. The van der Waals surface area contributed by atoms with Crippen molar-refractivity contribution in [3.05, 3.63) is 91.8 Å². The van der Waals surface area contributed by atoms with Crippen LogP contribution < -0.4 is 0 Å². The number of hydrogen-bond acceptors (Lipinski definition) is 3. The highest BCUT2D eigenvalue weighted by Crippen LogP contribution is 2.35. The van der Waals surface area contributed by atoms with Crippen molar-refractivity contribution in [2.45, 2.75) is 20.4 Å². The zero-order valence-electron chi connectivity index (χ0n) is 16.7. The van der Waals surface area contributed by atoms with Crippen LogP contribution in [0.5, 0.6) is 0 Å². The molecule has 8 heteroatoms. The van der Waals surface area contributed by atoms with Crippen molar-refractivity contribution in [3.8, 4) is 5.69 Å². The lowest BCUT2D eigenvalue weighted by atomic mass is 10.2. The smallest absolute Gasteiger partial charge is 0.293 e. The first kappa shape index (κ1) is 21.7. The number of imide groups is 1. The Labute approximate surface area is 193 Å². The van der Waals surface area contributed by atoms with Crippen LogP contribution in [0.3, 0.4) is 0 Å². The molecule has 0 unspecified atom stereocenters. The molecule has 0 N–H and O–H groups in total. The Balaban J connectivity index is 1.64. The number of amides is 2. The van der Waals surface area contributed by atoms with E-state index in [0.717, 1.165) is 39.3 Å². The maximum atomic E-state index is 14.1. The number of halogens is 3. The van der Waals surface area contributed by atoms with Gasteiger partial charge >= 0.3 is 0 Å². The minimum atomic E-state index is -0.554. The first-order valence-corrected chi connectivity index (χ1v) is 11.0. The van der Waals surface area contributed by atoms with Crippen molar-refractivity contribution in [2.75, 3.05) is 0 Å². The molecule has 0 spiro atoms. The summed E-state index contributed by atoms with van der Waals surface area (Å²) in [6.07, 6.45) is 1.70. The molecule has 0 saturated carbocycles. The Kier molecular flexibility index (Phi) is 5.97. The Bertz CT molecular complexity index is 1210. The monoisotopic (exact) mass is 474 g/mol. The lowest BCUT2D eigenvalue weighted by Crippen LogP contribution is -2.28. The molecule has 0 radical (unpaired) electrons. The lowest BCUT2D eigenvalue weighted by Gasteiger charge is -2.14. The zero-order chi connectivity index (χ0) is 22.3. The summed E-state index contributed by atoms with van der Waals surface area (Å²) in [6.45, 7) is 3.69. The van der Waals surface area contributed by atoms with Gasteiger partial charge in [0, 0.05) is 32.7 Å². The molecule has 31 heavy (non-hydrogen) atoms. The Morgan fingerprint density at radius 2 is 1.77 bits per heavy atom. The second-order valence-corrected chi connectivity index (χ2v) is 8.94. The number of aromatic nitrogens is 1. The molecular formula is C23H17Cl2FN2O2S. The van der Waals surface area contributed by atoms with Crippen molar-refractivity contribution in [1.29, 1.82) is 0 Å². The molecule has 0 aliphatic carbocycles. The van der Waals surface area contributed by atoms with Crippen molar-refractivity contribution in [2.24, 2.45) is 0 Å². The number of rotatable bonds is 4. The topological polar surface area (TPSA) is 42.3 Å². The van der Waals surface area contributed by atoms with Gasteiger partial charge in [0.1, 0.15) is 5.82 Å². The van der Waals surface area contributed by atoms with Gasteiger partial charge < -0.3 is 4.57 Å². The molecule has 0 atom stereocenters. The number of thioether (sulfide) groups is 1. The summed E-state index contributed by atoms with van der Waals surface area (Å²) in [5.74, 6) is -1.02. The van der Waals surface area contributed by atoms with E-state index in [0.29, 0.717) is 5.02 Å². The zero-order valence-corrected chi connectivity index (χ0v) is 19.0. The third-order valence-corrected chi connectivity index (χ3v) is 6.61. The number of benzene rings is 2. The van der Waals surface area contributed by atoms with Gasteiger partial charge in [-0.2, -0.15) is 0 Å². The maximum absolute atomic E-state index is 14.1. The summed E-state index contributed by atoms with van der Waals surface area (Å²) < 4.78 is 16.2. The molecule has 3 aromatic rings. The molecule has 2 amide bonds. The largest absolute Gasteiger partial charge is 0.318 e. The van der Waals surface area contributed by atoms with Crippen LogP contribution in [-0.2, 0) is 11.3 Å². The second kappa shape index (κ2) is 8.54. The van der Waals surface area contributed by atoms with Crippen LogP contribution in [0.4, 0.5) is 9.18 Å². The summed E-state index contributed by atoms with van der Waals surface area (Å²) in [7, 11) is 0. The summed E-state index contributed by atoms with van der Waals surface area (Å²) >= 11 is 12.9. The predicted octanol–water partition coefficient (Wildman–Crippen LogP) is 6.78. The van der Waals surface area contributed by atoms with Crippen LogP contribution in [0.25, 0.3) is 11.8 Å². The molecule has 4 nitrogen and oxygen atoms in total. The number of nitrogens with zero attached hydrogens (tertiary/aromatic N) is 2. The standard InChI is InChI=1S/C23H17Cl2FN2O2S/c1-13-10-15(14(2)28(13)17-8-6-16(24)7-9-17)11-21-22(29)27(23(30)31-21)12-18-19(25)4-3-5-20(18)26/h3-11H,12H2,1-2H3/b21-11+. The van der Waals surface area contributed by atoms with Gasteiger partial charge in [0.05, 0.1) is 11.4 Å². The number of carbonyl (C=O) groups excluding carboxylic acids is 2. The van der Waals surface area contributed by atoms with Crippen molar-refractivity contribution < 1.29 is 14.0 Å². The maximum Gasteiger partial charge on any atom is 0.293 e. The van der Waals surface area contributed by atoms with Crippen molar-refractivity contribution in [1.82, 2.24) is 9.47 Å². The van der Waals surface area contributed by atoms with E-state index in [1.807, 2.05) is 48.7 Å². The molecule has 1 saturated heterocycles. The molecule has 158 valence electrons. The Hall–Kier alpha value is -2.54. The third-order valence-electron chi connectivity index (χ3n) is 5.09. The lowest BCUT2D eigenvalue weighted by molar-refractivity contribution is -0.123. The van der Waals surface area contributed by atoms with Gasteiger partial charge in [0.15, 0.2) is 0 Å². The van der Waals surface area contributed by atoms with E-state index >= 15 is 0 Å². The number of carbonyl (C=O) groups is 2. The van der Waals surface area contributed by atoms with E-state index in [9.17, 15) is 14.0 Å². The van der Waals surface area contributed by atoms with E-state index in [2.05, 4.69) is 0 Å². The van der Waals surface area contributed by atoms with E-state index in [1.165, 1.54) is 18.2 Å². The Morgan fingerprint density at radius 3 is 2.45 bits per heavy atom. The summed E-state index contributed by atoms with van der Waals surface area (Å²) in [4.78, 5) is 26.7. The van der Waals surface area contributed by atoms with Gasteiger partial charge in [0.2, 0.25) is 0 Å². The highest BCUT2D eigenvalue weighted by Gasteiger charge is 2.36. The van der Waals surface area contributed by atoms with Gasteiger partial charge in [0.25, 0.3) is 11.1 Å². The van der Waals surface area contributed by atoms with E-state index < -0.39 is 17.0 Å². The van der Waals surface area contributed by atoms with Gasteiger partial charge in [-0.15, -0.1) is 0 Å². The van der Waals surface area contributed by atoms with E-state index in [1.54, 1.807) is 6.08 Å². The van der Waals surface area contributed by atoms with E-state index in [4.69, 9.17) is 23.2 Å². The molecule has 0 bridgehead atoms. The minimum absolute atomic E-state index is 0.119. The predicted molar refractivity (Wildman–Crippen MR) is 123 cm³/mol. The molecule has 2 heterocycles. The van der Waals surface area contributed by atoms with Gasteiger partial charge in [-0.3, -0.25) is 14.5 Å². The van der Waals surface area contributed by atoms with Crippen LogP contribution in [0.1, 0.15) is 22.5 Å². The number of aryl methyl sites for hydroxylation is 1. The van der Waals surface area contributed by atoms with Crippen molar-refractivity contribution >= 4 is 52.2 Å². The van der Waals surface area contributed by atoms with Crippen LogP contribution in [0.15, 0.2) is 53.4 Å². The van der Waals surface area contributed by atoms with Crippen molar-refractivity contribution in [3.63, 3.8) is 0 Å². The van der Waals surface area contributed by atoms with Gasteiger partial charge in [-0.1, -0.05) is 29.3 Å². The first-order valence-electron chi connectivity index (χ1n) is 9.39. The summed E-state index contributed by atoms with van der Waals surface area (Å²) in [5.41, 5.74) is 3.78. The fourth-order valence-electron chi connectivity index (χ4n) is 3.54. The van der Waals surface area contributed by atoms with Gasteiger partial charge in [-0.05, 0) is 79.7 Å². The number of hydrogen-bond donors (Lipinski definition) is 0. The summed E-state index contributed by atoms with van der Waals surface area (Å²) in [6, 6.07) is 13.7. The fourth-order valence-corrected chi connectivity index (χ4v) is 4.72. The fraction of sp³-hybridized carbons (Fsp3) is 0.130. The second-order valence-electron chi connectivity index (χ2n) is 7.11. The molecule has 1 aliphatic heterocycles. The highest BCUT2D eigenvalue weighted by molar-refractivity contribution is 8.18. The molecule has 4 rings (SSSR count). The molecular weight excluding hydrogens is 458 g/mol. The van der Waals surface area contributed by atoms with E-state index in [-0.39, 0.29) is 22.0 Å². The minimum Gasteiger partial charge on any atom is -0.318 e. The normalized spacial score (nSPS) is 15.4. The van der Waals surface area contributed by atoms with Crippen LogP contribution >= 0.6 is 35.0 Å². The van der Waals surface area contributed by atoms with Gasteiger partial charge in [-0.25, -0.2) is 4.39 Å². The van der Waals surface area contributed by atoms with Crippen LogP contribution in [0, 0.1) is 19.7 Å². The molecule has 1 fully saturated rings. The molecule has 1 aromatic heterocycles. The average Bonchev–Trinajstić information content (AvgIpc) is 3.15. The molecule has 1 aliphatic rings. The first-order chi connectivity index (χ1) is 14.8. The molecule has 2 aromatic carbocycles.